The van der Waals surface area contributed by atoms with Crippen LogP contribution in [0.4, 0.5) is 0 Å². The summed E-state index contributed by atoms with van der Waals surface area (Å²) in [4.78, 5) is 15.9. The zero-order valence-electron chi connectivity index (χ0n) is 14.3. The van der Waals surface area contributed by atoms with Crippen LogP contribution in [0.25, 0.3) is 11.3 Å². The van der Waals surface area contributed by atoms with Gasteiger partial charge in [-0.2, -0.15) is 0 Å². The van der Waals surface area contributed by atoms with Crippen molar-refractivity contribution >= 4 is 15.9 Å². The molecule has 0 aliphatic heterocycles. The Hall–Kier alpha value is -3.04. The molecule has 0 fully saturated rings. The Morgan fingerprint density at radius 1 is 1.04 bits per heavy atom. The molecule has 2 N–H and O–H groups in total. The van der Waals surface area contributed by atoms with Crippen molar-refractivity contribution in [3.63, 3.8) is 0 Å². The molecule has 1 amide bonds. The Balaban J connectivity index is 1.45. The van der Waals surface area contributed by atoms with Gasteiger partial charge in [-0.15, -0.1) is 0 Å². The summed E-state index contributed by atoms with van der Waals surface area (Å²) in [7, 11) is -3.64. The molecular weight excluding hydrogens is 368 g/mol. The predicted molar refractivity (Wildman–Crippen MR) is 98.3 cm³/mol. The molecule has 3 aromatic rings. The van der Waals surface area contributed by atoms with Gasteiger partial charge in [-0.25, -0.2) is 18.1 Å². The summed E-state index contributed by atoms with van der Waals surface area (Å²) in [5.74, 6) is 0.123. The maximum atomic E-state index is 12.1. The first kappa shape index (κ1) is 18.7. The summed E-state index contributed by atoms with van der Waals surface area (Å²) in [6, 6.07) is 15.5. The summed E-state index contributed by atoms with van der Waals surface area (Å²) < 4.78 is 31.6. The monoisotopic (exact) mass is 386 g/mol. The number of pyridine rings is 1. The van der Waals surface area contributed by atoms with Crippen LogP contribution in [-0.4, -0.2) is 37.6 Å². The smallest absolute Gasteiger partial charge is 0.273 e. The number of nitrogens with one attached hydrogen (secondary N) is 2. The van der Waals surface area contributed by atoms with Crippen molar-refractivity contribution in [3.05, 3.63) is 66.5 Å². The quantitative estimate of drug-likeness (QED) is 0.571. The van der Waals surface area contributed by atoms with Crippen molar-refractivity contribution in [2.75, 3.05) is 13.1 Å². The van der Waals surface area contributed by atoms with Crippen molar-refractivity contribution in [2.24, 2.45) is 0 Å². The van der Waals surface area contributed by atoms with Crippen molar-refractivity contribution in [1.29, 1.82) is 0 Å². The molecule has 0 bridgehead atoms. The van der Waals surface area contributed by atoms with Crippen molar-refractivity contribution in [3.8, 4) is 11.3 Å². The summed E-state index contributed by atoms with van der Waals surface area (Å²) >= 11 is 0. The molecule has 0 radical (unpaired) electrons. The summed E-state index contributed by atoms with van der Waals surface area (Å²) in [5.41, 5.74) is 0.996. The van der Waals surface area contributed by atoms with Crippen LogP contribution in [0, 0.1) is 0 Å². The fourth-order valence-electron chi connectivity index (χ4n) is 2.29. The third-order valence-corrected chi connectivity index (χ3v) is 5.02. The summed E-state index contributed by atoms with van der Waals surface area (Å²) in [6.45, 7) is 0.463. The molecular formula is C18H18N4O4S. The first-order valence-electron chi connectivity index (χ1n) is 8.27. The van der Waals surface area contributed by atoms with Gasteiger partial charge in [-0.05, 0) is 18.6 Å². The van der Waals surface area contributed by atoms with Gasteiger partial charge in [-0.3, -0.25) is 4.79 Å². The van der Waals surface area contributed by atoms with Gasteiger partial charge in [0.25, 0.3) is 15.9 Å². The highest BCUT2D eigenvalue weighted by Gasteiger charge is 2.15. The largest absolute Gasteiger partial charge is 0.355 e. The minimum Gasteiger partial charge on any atom is -0.355 e. The van der Waals surface area contributed by atoms with E-state index in [0.717, 1.165) is 5.56 Å². The van der Waals surface area contributed by atoms with Crippen LogP contribution < -0.4 is 10.0 Å². The number of sulfonamides is 1. The normalized spacial score (nSPS) is 11.3. The van der Waals surface area contributed by atoms with E-state index in [0.29, 0.717) is 12.2 Å². The topological polar surface area (TPSA) is 114 Å². The maximum Gasteiger partial charge on any atom is 0.273 e. The van der Waals surface area contributed by atoms with Crippen LogP contribution in [0.1, 0.15) is 16.9 Å². The van der Waals surface area contributed by atoms with Crippen molar-refractivity contribution in [1.82, 2.24) is 20.2 Å². The number of carbonyl (C=O) groups is 1. The number of nitrogens with zero attached hydrogens (tertiary/aromatic N) is 2. The first-order chi connectivity index (χ1) is 13.1. The zero-order chi connectivity index (χ0) is 19.1. The molecule has 0 unspecified atom stereocenters. The number of aromatic nitrogens is 2. The third-order valence-electron chi connectivity index (χ3n) is 3.65. The average molecular weight is 386 g/mol. The SMILES string of the molecule is O=C(NCCCNS(=O)(=O)c1ccccn1)c1cc(-c2ccccc2)on1. The van der Waals surface area contributed by atoms with E-state index in [-0.39, 0.29) is 29.7 Å². The molecule has 9 heteroatoms. The Morgan fingerprint density at radius 3 is 2.56 bits per heavy atom. The molecule has 0 spiro atoms. The van der Waals surface area contributed by atoms with Gasteiger partial charge in [0.15, 0.2) is 16.5 Å². The zero-order valence-corrected chi connectivity index (χ0v) is 15.1. The van der Waals surface area contributed by atoms with Gasteiger partial charge in [0.1, 0.15) is 0 Å². The van der Waals surface area contributed by atoms with E-state index < -0.39 is 10.0 Å². The van der Waals surface area contributed by atoms with Crippen LogP contribution in [0.15, 0.2) is 70.3 Å². The van der Waals surface area contributed by atoms with Crippen LogP contribution in [-0.2, 0) is 10.0 Å². The molecule has 0 aliphatic rings. The molecule has 27 heavy (non-hydrogen) atoms. The van der Waals surface area contributed by atoms with Gasteiger partial charge in [0.2, 0.25) is 0 Å². The Bertz CT molecular complexity index is 988. The Labute approximate surface area is 156 Å². The second-order valence-electron chi connectivity index (χ2n) is 5.62. The number of hydrogen-bond acceptors (Lipinski definition) is 6. The summed E-state index contributed by atoms with van der Waals surface area (Å²) in [6.07, 6.45) is 1.83. The third kappa shape index (κ3) is 4.99. The average Bonchev–Trinajstić information content (AvgIpc) is 3.19. The lowest BCUT2D eigenvalue weighted by Gasteiger charge is -2.06. The lowest BCUT2D eigenvalue weighted by molar-refractivity contribution is 0.0944. The molecule has 3 rings (SSSR count). The van der Waals surface area contributed by atoms with Crippen molar-refractivity contribution in [2.45, 2.75) is 11.4 Å². The lowest BCUT2D eigenvalue weighted by Crippen LogP contribution is -2.30. The number of hydrogen-bond donors (Lipinski definition) is 2. The van der Waals surface area contributed by atoms with Crippen LogP contribution in [0.5, 0.6) is 0 Å². The highest BCUT2D eigenvalue weighted by Crippen LogP contribution is 2.19. The molecule has 0 aliphatic carbocycles. The molecule has 8 nitrogen and oxygen atoms in total. The fourth-order valence-corrected chi connectivity index (χ4v) is 3.31. The fraction of sp³-hybridized carbons (Fsp3) is 0.167. The predicted octanol–water partition coefficient (Wildman–Crippen LogP) is 1.83. The van der Waals surface area contributed by atoms with Crippen LogP contribution >= 0.6 is 0 Å². The van der Waals surface area contributed by atoms with E-state index in [1.165, 1.54) is 12.3 Å². The highest BCUT2D eigenvalue weighted by atomic mass is 32.2. The number of amides is 1. The van der Waals surface area contributed by atoms with E-state index in [1.807, 2.05) is 30.3 Å². The van der Waals surface area contributed by atoms with Gasteiger partial charge in [0, 0.05) is 30.9 Å². The number of rotatable bonds is 8. The number of benzene rings is 1. The molecule has 1 aromatic carbocycles. The Morgan fingerprint density at radius 2 is 1.81 bits per heavy atom. The number of carbonyl (C=O) groups excluding carboxylic acids is 1. The van der Waals surface area contributed by atoms with Gasteiger partial charge in [0.05, 0.1) is 0 Å². The van der Waals surface area contributed by atoms with Crippen molar-refractivity contribution < 1.29 is 17.7 Å². The minimum atomic E-state index is -3.64. The summed E-state index contributed by atoms with van der Waals surface area (Å²) in [5, 5.41) is 6.40. The van der Waals surface area contributed by atoms with E-state index >= 15 is 0 Å². The lowest BCUT2D eigenvalue weighted by atomic mass is 10.1. The minimum absolute atomic E-state index is 0.0370. The van der Waals surface area contributed by atoms with Crippen LogP contribution in [0.3, 0.4) is 0 Å². The molecule has 140 valence electrons. The van der Waals surface area contributed by atoms with E-state index in [9.17, 15) is 13.2 Å². The second kappa shape index (κ2) is 8.56. The van der Waals surface area contributed by atoms with E-state index in [2.05, 4.69) is 20.2 Å². The molecule has 0 saturated carbocycles. The van der Waals surface area contributed by atoms with E-state index in [1.54, 1.807) is 18.2 Å². The molecule has 2 heterocycles. The Kier molecular flexibility index (Phi) is 5.94. The standard InChI is InChI=1S/C18H18N4O4S/c23-18(15-13-16(26-22-15)14-7-2-1-3-8-14)20-11-6-12-21-27(24,25)17-9-4-5-10-19-17/h1-5,7-10,13,21H,6,11-12H2,(H,20,23). The van der Waals surface area contributed by atoms with Gasteiger partial charge in [-0.1, -0.05) is 41.6 Å². The van der Waals surface area contributed by atoms with E-state index in [4.69, 9.17) is 4.52 Å². The highest BCUT2D eigenvalue weighted by molar-refractivity contribution is 7.89. The maximum absolute atomic E-state index is 12.1. The molecule has 2 aromatic heterocycles. The van der Waals surface area contributed by atoms with Gasteiger partial charge < -0.3 is 9.84 Å². The first-order valence-corrected chi connectivity index (χ1v) is 9.75. The molecule has 0 saturated heterocycles. The van der Waals surface area contributed by atoms with Crippen LogP contribution in [0.2, 0.25) is 0 Å². The molecule has 0 atom stereocenters. The van der Waals surface area contributed by atoms with Gasteiger partial charge >= 0.3 is 0 Å². The second-order valence-corrected chi connectivity index (χ2v) is 7.33.